The Kier molecular flexibility index (Phi) is 4.78. The second kappa shape index (κ2) is 6.34. The minimum atomic E-state index is 0.0525. The van der Waals surface area contributed by atoms with Crippen molar-refractivity contribution in [3.63, 3.8) is 0 Å². The van der Waals surface area contributed by atoms with E-state index >= 15 is 0 Å². The van der Waals surface area contributed by atoms with Crippen LogP contribution in [0.2, 0.25) is 4.34 Å². The molecule has 0 unspecified atom stereocenters. The molecule has 1 saturated carbocycles. The molecule has 1 aromatic heterocycles. The van der Waals surface area contributed by atoms with Crippen LogP contribution in [0.5, 0.6) is 0 Å². The smallest absolute Gasteiger partial charge is 0.243 e. The van der Waals surface area contributed by atoms with Crippen molar-refractivity contribution in [2.24, 2.45) is 11.0 Å². The van der Waals surface area contributed by atoms with Crippen LogP contribution in [0.1, 0.15) is 43.9 Å². The highest BCUT2D eigenvalue weighted by molar-refractivity contribution is 7.18. The number of halogens is 1. The number of nitrogens with zero attached hydrogens (tertiary/aromatic N) is 1. The molecule has 1 amide bonds. The van der Waals surface area contributed by atoms with Crippen LogP contribution in [0.4, 0.5) is 0 Å². The minimum Gasteiger partial charge on any atom is -0.273 e. The molecule has 1 aliphatic carbocycles. The zero-order valence-electron chi connectivity index (χ0n) is 10.4. The molecule has 0 spiro atoms. The van der Waals surface area contributed by atoms with Gasteiger partial charge in [0.05, 0.1) is 14.9 Å². The highest BCUT2D eigenvalue weighted by Gasteiger charge is 2.20. The Morgan fingerprint density at radius 2 is 2.11 bits per heavy atom. The topological polar surface area (TPSA) is 41.5 Å². The third kappa shape index (κ3) is 3.56. The molecule has 0 atom stereocenters. The summed E-state index contributed by atoms with van der Waals surface area (Å²) in [5.41, 5.74) is 3.47. The largest absolute Gasteiger partial charge is 0.273 e. The first-order chi connectivity index (χ1) is 8.66. The Morgan fingerprint density at radius 1 is 1.39 bits per heavy atom. The van der Waals surface area contributed by atoms with E-state index < -0.39 is 0 Å². The quantitative estimate of drug-likeness (QED) is 0.665. The van der Waals surface area contributed by atoms with Crippen molar-refractivity contribution in [1.82, 2.24) is 5.43 Å². The average molecular weight is 285 g/mol. The maximum absolute atomic E-state index is 11.9. The molecular weight excluding hydrogens is 268 g/mol. The van der Waals surface area contributed by atoms with Gasteiger partial charge in [0, 0.05) is 5.92 Å². The second-order valence-electron chi connectivity index (χ2n) is 4.61. The summed E-state index contributed by atoms with van der Waals surface area (Å²) >= 11 is 7.33. The van der Waals surface area contributed by atoms with Gasteiger partial charge in [-0.05, 0) is 31.9 Å². The molecule has 0 aliphatic heterocycles. The second-order valence-corrected chi connectivity index (χ2v) is 6.33. The number of hydrazone groups is 1. The summed E-state index contributed by atoms with van der Waals surface area (Å²) in [4.78, 5) is 12.9. The number of hydrogen-bond donors (Lipinski definition) is 1. The van der Waals surface area contributed by atoms with Crippen molar-refractivity contribution in [3.05, 3.63) is 21.3 Å². The maximum Gasteiger partial charge on any atom is 0.243 e. The minimum absolute atomic E-state index is 0.0525. The van der Waals surface area contributed by atoms with Crippen LogP contribution in [-0.2, 0) is 4.79 Å². The van der Waals surface area contributed by atoms with E-state index in [1.165, 1.54) is 17.8 Å². The van der Waals surface area contributed by atoms with E-state index in [9.17, 15) is 4.79 Å². The number of rotatable bonds is 3. The molecule has 1 aliphatic rings. The molecule has 1 N–H and O–H groups in total. The fourth-order valence-electron chi connectivity index (χ4n) is 2.16. The van der Waals surface area contributed by atoms with Crippen molar-refractivity contribution in [2.45, 2.75) is 39.0 Å². The Morgan fingerprint density at radius 3 is 2.72 bits per heavy atom. The fourth-order valence-corrected chi connectivity index (χ4v) is 3.15. The molecule has 2 rings (SSSR count). The highest BCUT2D eigenvalue weighted by Crippen LogP contribution is 2.24. The lowest BCUT2D eigenvalue weighted by Gasteiger charge is -2.19. The summed E-state index contributed by atoms with van der Waals surface area (Å²) in [5.74, 6) is 0.193. The number of hydrogen-bond acceptors (Lipinski definition) is 3. The van der Waals surface area contributed by atoms with Gasteiger partial charge in [-0.1, -0.05) is 30.9 Å². The van der Waals surface area contributed by atoms with E-state index in [2.05, 4.69) is 10.5 Å². The zero-order valence-corrected chi connectivity index (χ0v) is 12.0. The van der Waals surface area contributed by atoms with Gasteiger partial charge in [0.2, 0.25) is 5.91 Å². The fraction of sp³-hybridized carbons (Fsp3) is 0.538. The van der Waals surface area contributed by atoms with E-state index in [0.29, 0.717) is 0 Å². The van der Waals surface area contributed by atoms with Gasteiger partial charge >= 0.3 is 0 Å². The van der Waals surface area contributed by atoms with Gasteiger partial charge in [-0.3, -0.25) is 4.79 Å². The molecule has 1 aromatic rings. The SMILES string of the molecule is CC(=NNC(=O)C1CCCCC1)c1ccc(Cl)s1. The summed E-state index contributed by atoms with van der Waals surface area (Å²) < 4.78 is 0.734. The van der Waals surface area contributed by atoms with E-state index in [1.54, 1.807) is 0 Å². The van der Waals surface area contributed by atoms with Gasteiger partial charge in [0.1, 0.15) is 0 Å². The number of nitrogens with one attached hydrogen (secondary N) is 1. The monoisotopic (exact) mass is 284 g/mol. The molecular formula is C13H17ClN2OS. The van der Waals surface area contributed by atoms with Crippen molar-refractivity contribution >= 4 is 34.6 Å². The molecule has 0 saturated heterocycles. The third-order valence-electron chi connectivity index (χ3n) is 3.24. The molecule has 5 heteroatoms. The molecule has 3 nitrogen and oxygen atoms in total. The first-order valence-corrected chi connectivity index (χ1v) is 7.46. The molecule has 1 heterocycles. The Balaban J connectivity index is 1.91. The lowest BCUT2D eigenvalue weighted by molar-refractivity contribution is -0.125. The molecule has 1 fully saturated rings. The van der Waals surface area contributed by atoms with Crippen LogP contribution >= 0.6 is 22.9 Å². The number of carbonyl (C=O) groups is 1. The molecule has 18 heavy (non-hydrogen) atoms. The predicted molar refractivity (Wildman–Crippen MR) is 76.3 cm³/mol. The molecule has 0 radical (unpaired) electrons. The normalized spacial score (nSPS) is 17.8. The average Bonchev–Trinajstić information content (AvgIpc) is 2.83. The Hall–Kier alpha value is -0.870. The Bertz CT molecular complexity index is 450. The highest BCUT2D eigenvalue weighted by atomic mass is 35.5. The summed E-state index contributed by atoms with van der Waals surface area (Å²) in [6.07, 6.45) is 5.54. The van der Waals surface area contributed by atoms with Gasteiger partial charge in [-0.2, -0.15) is 5.10 Å². The summed E-state index contributed by atoms with van der Waals surface area (Å²) in [5, 5.41) is 4.15. The van der Waals surface area contributed by atoms with Crippen LogP contribution in [0, 0.1) is 5.92 Å². The zero-order chi connectivity index (χ0) is 13.0. The number of carbonyl (C=O) groups excluding carboxylic acids is 1. The maximum atomic E-state index is 11.9. The first kappa shape index (κ1) is 13.6. The van der Waals surface area contributed by atoms with Crippen LogP contribution in [0.25, 0.3) is 0 Å². The van der Waals surface area contributed by atoms with Gasteiger partial charge < -0.3 is 0 Å². The van der Waals surface area contributed by atoms with E-state index in [4.69, 9.17) is 11.6 Å². The van der Waals surface area contributed by atoms with Crippen molar-refractivity contribution < 1.29 is 4.79 Å². The molecule has 98 valence electrons. The summed E-state index contributed by atoms with van der Waals surface area (Å²) in [7, 11) is 0. The van der Waals surface area contributed by atoms with Gasteiger partial charge in [-0.25, -0.2) is 5.43 Å². The van der Waals surface area contributed by atoms with E-state index in [1.807, 2.05) is 19.1 Å². The van der Waals surface area contributed by atoms with Gasteiger partial charge in [0.15, 0.2) is 0 Å². The van der Waals surface area contributed by atoms with E-state index in [0.717, 1.165) is 40.6 Å². The predicted octanol–water partition coefficient (Wildman–Crippen LogP) is 3.82. The number of thiophene rings is 1. The summed E-state index contributed by atoms with van der Waals surface area (Å²) in [6, 6.07) is 3.75. The lowest BCUT2D eigenvalue weighted by Crippen LogP contribution is -2.29. The Labute approximate surface area is 116 Å². The van der Waals surface area contributed by atoms with Gasteiger partial charge in [-0.15, -0.1) is 11.3 Å². The number of amides is 1. The van der Waals surface area contributed by atoms with Crippen molar-refractivity contribution in [3.8, 4) is 0 Å². The molecule has 0 bridgehead atoms. The van der Waals surface area contributed by atoms with Crippen LogP contribution in [0.15, 0.2) is 17.2 Å². The molecule has 0 aromatic carbocycles. The lowest BCUT2D eigenvalue weighted by atomic mass is 9.89. The van der Waals surface area contributed by atoms with Crippen molar-refractivity contribution in [2.75, 3.05) is 0 Å². The standard InChI is InChI=1S/C13H17ClN2OS/c1-9(11-7-8-12(14)18-11)15-16-13(17)10-5-3-2-4-6-10/h7-8,10H,2-6H2,1H3,(H,16,17). The first-order valence-electron chi connectivity index (χ1n) is 6.26. The van der Waals surface area contributed by atoms with Crippen molar-refractivity contribution in [1.29, 1.82) is 0 Å². The third-order valence-corrected chi connectivity index (χ3v) is 4.58. The van der Waals surface area contributed by atoms with Gasteiger partial charge in [0.25, 0.3) is 0 Å². The van der Waals surface area contributed by atoms with Crippen LogP contribution in [-0.4, -0.2) is 11.6 Å². The van der Waals surface area contributed by atoms with Crippen LogP contribution < -0.4 is 5.43 Å². The van der Waals surface area contributed by atoms with E-state index in [-0.39, 0.29) is 11.8 Å². The summed E-state index contributed by atoms with van der Waals surface area (Å²) in [6.45, 7) is 1.88. The van der Waals surface area contributed by atoms with Crippen LogP contribution in [0.3, 0.4) is 0 Å².